The molecule has 0 saturated carbocycles. The van der Waals surface area contributed by atoms with Crippen molar-refractivity contribution in [3.63, 3.8) is 0 Å². The number of hydrogen-bond acceptors (Lipinski definition) is 6. The van der Waals surface area contributed by atoms with E-state index in [9.17, 15) is 14.3 Å². The Morgan fingerprint density at radius 1 is 1.17 bits per heavy atom. The Balaban J connectivity index is 2.12. The Hall–Kier alpha value is -3.07. The summed E-state index contributed by atoms with van der Waals surface area (Å²) in [5.74, 6) is 0.706. The summed E-state index contributed by atoms with van der Waals surface area (Å²) < 4.78 is 19.5. The maximum atomic E-state index is 13.7. The minimum Gasteiger partial charge on any atom is -0.258 e. The number of non-ortho nitro benzene ring substituents is 1. The molecule has 1 unspecified atom stereocenters. The number of nitrogens with zero attached hydrogens (tertiary/aromatic N) is 5. The molecule has 0 radical (unpaired) electrons. The van der Waals surface area contributed by atoms with Crippen molar-refractivity contribution < 1.29 is 9.13 Å². The SMILES string of the molecule is Cc1nc2n(n1)-c1ccc([N+](=O)[O-])cc1S(=O)(c1ccccc1)=N2. The molecule has 1 aliphatic rings. The zero-order valence-corrected chi connectivity index (χ0v) is 13.3. The Morgan fingerprint density at radius 3 is 2.62 bits per heavy atom. The fourth-order valence-electron chi connectivity index (χ4n) is 2.59. The van der Waals surface area contributed by atoms with E-state index in [-0.39, 0.29) is 16.5 Å². The Bertz CT molecular complexity index is 1100. The minimum absolute atomic E-state index is 0.145. The highest BCUT2D eigenvalue weighted by Crippen LogP contribution is 2.38. The van der Waals surface area contributed by atoms with E-state index < -0.39 is 14.7 Å². The van der Waals surface area contributed by atoms with Gasteiger partial charge in [-0.3, -0.25) is 10.1 Å². The second-order valence-corrected chi connectivity index (χ2v) is 7.36. The molecule has 9 heteroatoms. The van der Waals surface area contributed by atoms with Gasteiger partial charge in [-0.1, -0.05) is 18.2 Å². The lowest BCUT2D eigenvalue weighted by Crippen LogP contribution is -2.13. The smallest absolute Gasteiger partial charge is 0.258 e. The lowest BCUT2D eigenvalue weighted by Gasteiger charge is -2.19. The van der Waals surface area contributed by atoms with Gasteiger partial charge in [-0.15, -0.1) is 5.10 Å². The van der Waals surface area contributed by atoms with Crippen LogP contribution in [0.3, 0.4) is 0 Å². The van der Waals surface area contributed by atoms with Crippen molar-refractivity contribution in [3.05, 3.63) is 64.5 Å². The van der Waals surface area contributed by atoms with E-state index in [1.807, 2.05) is 0 Å². The van der Waals surface area contributed by atoms with Crippen LogP contribution in [-0.4, -0.2) is 23.9 Å². The average Bonchev–Trinajstić information content (AvgIpc) is 2.95. The summed E-state index contributed by atoms with van der Waals surface area (Å²) in [5.41, 5.74) is 0.341. The van der Waals surface area contributed by atoms with Crippen LogP contribution in [0.15, 0.2) is 62.7 Å². The van der Waals surface area contributed by atoms with Crippen LogP contribution in [0.2, 0.25) is 0 Å². The van der Waals surface area contributed by atoms with Crippen LogP contribution in [0.1, 0.15) is 5.82 Å². The summed E-state index contributed by atoms with van der Waals surface area (Å²) in [7, 11) is -3.09. The van der Waals surface area contributed by atoms with Gasteiger partial charge in [0.15, 0.2) is 0 Å². The molecule has 0 amide bonds. The number of aromatic nitrogens is 3. The number of nitro groups is 1. The number of nitro benzene ring substituents is 1. The van der Waals surface area contributed by atoms with Gasteiger partial charge in [0.25, 0.3) is 11.6 Å². The van der Waals surface area contributed by atoms with Crippen LogP contribution in [-0.2, 0) is 9.73 Å². The van der Waals surface area contributed by atoms with E-state index in [1.54, 1.807) is 37.3 Å². The lowest BCUT2D eigenvalue weighted by atomic mass is 10.3. The molecular weight excluding hydrogens is 330 g/mol. The molecule has 0 spiro atoms. The van der Waals surface area contributed by atoms with Gasteiger partial charge in [-0.05, 0) is 25.1 Å². The molecule has 2 heterocycles. The van der Waals surface area contributed by atoms with Crippen molar-refractivity contribution in [2.75, 3.05) is 0 Å². The summed E-state index contributed by atoms with van der Waals surface area (Å²) in [4.78, 5) is 15.5. The summed E-state index contributed by atoms with van der Waals surface area (Å²) in [6.07, 6.45) is 0. The first-order valence-corrected chi connectivity index (χ1v) is 8.55. The number of benzene rings is 2. The first-order valence-electron chi connectivity index (χ1n) is 7.04. The van der Waals surface area contributed by atoms with Crippen LogP contribution >= 0.6 is 0 Å². The number of fused-ring (bicyclic) bond motifs is 3. The Labute approximate surface area is 137 Å². The van der Waals surface area contributed by atoms with Gasteiger partial charge in [-0.25, -0.2) is 4.21 Å². The van der Waals surface area contributed by atoms with Crippen LogP contribution in [0.4, 0.5) is 11.6 Å². The Kier molecular flexibility index (Phi) is 3.00. The number of rotatable bonds is 2. The largest absolute Gasteiger partial charge is 0.270 e. The molecule has 8 nitrogen and oxygen atoms in total. The van der Waals surface area contributed by atoms with E-state index in [0.29, 0.717) is 16.4 Å². The molecule has 0 fully saturated rings. The van der Waals surface area contributed by atoms with E-state index in [1.165, 1.54) is 22.9 Å². The van der Waals surface area contributed by atoms with Crippen molar-refractivity contribution in [1.29, 1.82) is 0 Å². The predicted octanol–water partition coefficient (Wildman–Crippen LogP) is 3.02. The quantitative estimate of drug-likeness (QED) is 0.412. The van der Waals surface area contributed by atoms with Crippen LogP contribution < -0.4 is 0 Å². The first kappa shape index (κ1) is 14.5. The summed E-state index contributed by atoms with van der Waals surface area (Å²) in [5, 5.41) is 15.4. The number of aryl methyl sites for hydroxylation is 1. The standard InChI is InChI=1S/C15H11N5O3S/c1-10-16-15-18-24(23,12-5-3-2-4-6-12)14-9-11(20(21)22)7-8-13(14)19(15)17-10/h2-9H,1H3. The summed E-state index contributed by atoms with van der Waals surface area (Å²) in [6.45, 7) is 1.70. The molecule has 0 aliphatic carbocycles. The summed E-state index contributed by atoms with van der Waals surface area (Å²) >= 11 is 0. The maximum Gasteiger partial charge on any atom is 0.270 e. The van der Waals surface area contributed by atoms with Crippen LogP contribution in [0.5, 0.6) is 0 Å². The van der Waals surface area contributed by atoms with Gasteiger partial charge < -0.3 is 0 Å². The van der Waals surface area contributed by atoms with E-state index >= 15 is 0 Å². The monoisotopic (exact) mass is 341 g/mol. The van der Waals surface area contributed by atoms with Crippen LogP contribution in [0.25, 0.3) is 5.69 Å². The molecule has 3 aromatic rings. The van der Waals surface area contributed by atoms with E-state index in [4.69, 9.17) is 0 Å². The third kappa shape index (κ3) is 2.02. The van der Waals surface area contributed by atoms with E-state index in [2.05, 4.69) is 14.4 Å². The van der Waals surface area contributed by atoms with Gasteiger partial charge in [0, 0.05) is 12.1 Å². The van der Waals surface area contributed by atoms with Crippen molar-refractivity contribution >= 4 is 21.4 Å². The molecule has 1 aliphatic heterocycles. The van der Waals surface area contributed by atoms with Gasteiger partial charge >= 0.3 is 0 Å². The predicted molar refractivity (Wildman–Crippen MR) is 86.0 cm³/mol. The average molecular weight is 341 g/mol. The fourth-order valence-corrected chi connectivity index (χ4v) is 4.64. The highest BCUT2D eigenvalue weighted by molar-refractivity contribution is 7.94. The van der Waals surface area contributed by atoms with Gasteiger partial charge in [0.1, 0.15) is 15.6 Å². The molecule has 0 saturated heterocycles. The van der Waals surface area contributed by atoms with E-state index in [0.717, 1.165) is 0 Å². The molecule has 0 N–H and O–H groups in total. The zero-order valence-electron chi connectivity index (χ0n) is 12.5. The Morgan fingerprint density at radius 2 is 1.92 bits per heavy atom. The van der Waals surface area contributed by atoms with Crippen molar-refractivity contribution in [2.45, 2.75) is 16.7 Å². The van der Waals surface area contributed by atoms with Gasteiger partial charge in [0.05, 0.1) is 20.4 Å². The van der Waals surface area contributed by atoms with Crippen LogP contribution in [0, 0.1) is 17.0 Å². The second kappa shape index (κ2) is 4.96. The molecular formula is C15H11N5O3S. The van der Waals surface area contributed by atoms with Gasteiger partial charge in [0.2, 0.25) is 0 Å². The third-order valence-electron chi connectivity index (χ3n) is 3.65. The molecule has 1 aromatic heterocycles. The summed E-state index contributed by atoms with van der Waals surface area (Å²) in [6, 6.07) is 12.9. The molecule has 1 atom stereocenters. The second-order valence-electron chi connectivity index (χ2n) is 5.21. The fraction of sp³-hybridized carbons (Fsp3) is 0.0667. The number of hydrogen-bond donors (Lipinski definition) is 0. The molecule has 24 heavy (non-hydrogen) atoms. The zero-order chi connectivity index (χ0) is 16.9. The minimum atomic E-state index is -3.09. The highest BCUT2D eigenvalue weighted by atomic mass is 32.2. The normalized spacial score (nSPS) is 18.4. The lowest BCUT2D eigenvalue weighted by molar-refractivity contribution is -0.385. The third-order valence-corrected chi connectivity index (χ3v) is 5.90. The first-order chi connectivity index (χ1) is 11.5. The van der Waals surface area contributed by atoms with Gasteiger partial charge in [-0.2, -0.15) is 14.0 Å². The molecule has 0 bridgehead atoms. The van der Waals surface area contributed by atoms with Crippen molar-refractivity contribution in [1.82, 2.24) is 14.8 Å². The molecule has 120 valence electrons. The topological polar surface area (TPSA) is 103 Å². The van der Waals surface area contributed by atoms with Crippen molar-refractivity contribution in [2.24, 2.45) is 4.36 Å². The molecule has 2 aromatic carbocycles. The molecule has 4 rings (SSSR count). The highest BCUT2D eigenvalue weighted by Gasteiger charge is 2.30. The maximum absolute atomic E-state index is 13.7. The van der Waals surface area contributed by atoms with Crippen molar-refractivity contribution in [3.8, 4) is 5.69 Å².